The molecule has 0 spiro atoms. The summed E-state index contributed by atoms with van der Waals surface area (Å²) >= 11 is 0. The van der Waals surface area contributed by atoms with E-state index in [1.54, 1.807) is 6.07 Å². The Morgan fingerprint density at radius 2 is 2.00 bits per heavy atom. The molecule has 0 aromatic heterocycles. The van der Waals surface area contributed by atoms with Crippen LogP contribution in [-0.2, 0) is 11.3 Å². The first kappa shape index (κ1) is 20.7. The highest BCUT2D eigenvalue weighted by Gasteiger charge is 2.15. The molecule has 1 fully saturated rings. The van der Waals surface area contributed by atoms with Gasteiger partial charge in [-0.05, 0) is 38.5 Å². The number of carbonyl (C=O) groups is 1. The molecule has 0 atom stereocenters. The number of ether oxygens (including phenoxy) is 1. The maximum atomic E-state index is 12.2. The molecule has 7 heteroatoms. The highest BCUT2D eigenvalue weighted by Crippen LogP contribution is 2.09. The van der Waals surface area contributed by atoms with Crippen molar-refractivity contribution < 1.29 is 9.53 Å². The van der Waals surface area contributed by atoms with Crippen LogP contribution in [-0.4, -0.2) is 48.6 Å². The van der Waals surface area contributed by atoms with E-state index in [0.29, 0.717) is 31.3 Å². The molecule has 1 aliphatic rings. The van der Waals surface area contributed by atoms with Gasteiger partial charge in [0.2, 0.25) is 0 Å². The van der Waals surface area contributed by atoms with Crippen LogP contribution >= 0.6 is 24.0 Å². The van der Waals surface area contributed by atoms with Crippen LogP contribution in [0.4, 0.5) is 0 Å². The average molecular weight is 446 g/mol. The predicted molar refractivity (Wildman–Crippen MR) is 107 cm³/mol. The van der Waals surface area contributed by atoms with E-state index in [4.69, 9.17) is 10.5 Å². The quantitative estimate of drug-likeness (QED) is 0.423. The van der Waals surface area contributed by atoms with E-state index in [-0.39, 0.29) is 35.4 Å². The van der Waals surface area contributed by atoms with Gasteiger partial charge in [0.25, 0.3) is 5.91 Å². The predicted octanol–water partition coefficient (Wildman–Crippen LogP) is 1.98. The first-order valence-corrected chi connectivity index (χ1v) is 7.89. The fourth-order valence-corrected chi connectivity index (χ4v) is 2.29. The number of aliphatic imine (C=N–C) groups is 1. The Kier molecular flexibility index (Phi) is 7.95. The van der Waals surface area contributed by atoms with Gasteiger partial charge in [0.1, 0.15) is 0 Å². The van der Waals surface area contributed by atoms with Crippen molar-refractivity contribution in [3.05, 3.63) is 35.4 Å². The van der Waals surface area contributed by atoms with Crippen LogP contribution in [0.5, 0.6) is 0 Å². The molecule has 0 aliphatic carbocycles. The van der Waals surface area contributed by atoms with Crippen molar-refractivity contribution >= 4 is 35.8 Å². The zero-order valence-electron chi connectivity index (χ0n) is 14.5. The van der Waals surface area contributed by atoms with Crippen LogP contribution in [0.1, 0.15) is 36.7 Å². The molecule has 0 radical (unpaired) electrons. The number of hydrogen-bond acceptors (Lipinski definition) is 3. The van der Waals surface area contributed by atoms with Crippen molar-refractivity contribution in [3.63, 3.8) is 0 Å². The van der Waals surface area contributed by atoms with Crippen LogP contribution in [0.2, 0.25) is 0 Å². The fourth-order valence-electron chi connectivity index (χ4n) is 2.29. The summed E-state index contributed by atoms with van der Waals surface area (Å²) in [4.78, 5) is 18.6. The molecule has 0 bridgehead atoms. The van der Waals surface area contributed by atoms with Crippen molar-refractivity contribution in [2.45, 2.75) is 32.9 Å². The van der Waals surface area contributed by atoms with Gasteiger partial charge in [0.05, 0.1) is 19.8 Å². The van der Waals surface area contributed by atoms with Crippen molar-refractivity contribution in [1.29, 1.82) is 0 Å². The number of guanidine groups is 1. The monoisotopic (exact) mass is 446 g/mol. The van der Waals surface area contributed by atoms with Crippen LogP contribution in [0.25, 0.3) is 0 Å². The van der Waals surface area contributed by atoms with E-state index in [2.05, 4.69) is 10.3 Å². The molecule has 1 amide bonds. The van der Waals surface area contributed by atoms with E-state index in [9.17, 15) is 4.79 Å². The highest BCUT2D eigenvalue weighted by atomic mass is 127. The van der Waals surface area contributed by atoms with E-state index in [1.165, 1.54) is 0 Å². The molecule has 134 valence electrons. The number of amides is 1. The third-order valence-electron chi connectivity index (χ3n) is 3.44. The van der Waals surface area contributed by atoms with E-state index >= 15 is 0 Å². The molecule has 24 heavy (non-hydrogen) atoms. The molecule has 3 N–H and O–H groups in total. The van der Waals surface area contributed by atoms with Gasteiger partial charge >= 0.3 is 0 Å². The van der Waals surface area contributed by atoms with Gasteiger partial charge < -0.3 is 20.7 Å². The Hall–Kier alpha value is -1.35. The topological polar surface area (TPSA) is 80.0 Å². The minimum absolute atomic E-state index is 0. The Labute approximate surface area is 160 Å². The van der Waals surface area contributed by atoms with Crippen molar-refractivity contribution in [2.24, 2.45) is 10.7 Å². The Bertz CT molecular complexity index is 578. The lowest BCUT2D eigenvalue weighted by atomic mass is 10.1. The fraction of sp³-hybridized carbons (Fsp3) is 0.529. The number of morpholine rings is 1. The lowest BCUT2D eigenvalue weighted by Gasteiger charge is -2.27. The first-order valence-electron chi connectivity index (χ1n) is 7.89. The summed E-state index contributed by atoms with van der Waals surface area (Å²) in [6.07, 6.45) is 0. The summed E-state index contributed by atoms with van der Waals surface area (Å²) in [5.41, 5.74) is 7.36. The average Bonchev–Trinajstić information content (AvgIpc) is 2.52. The third kappa shape index (κ3) is 6.64. The zero-order chi connectivity index (χ0) is 16.9. The number of rotatable bonds is 3. The number of nitrogens with zero attached hydrogens (tertiary/aromatic N) is 2. The largest absolute Gasteiger partial charge is 0.378 e. The first-order chi connectivity index (χ1) is 10.8. The van der Waals surface area contributed by atoms with E-state index in [1.807, 2.05) is 43.9 Å². The number of benzene rings is 1. The summed E-state index contributed by atoms with van der Waals surface area (Å²) in [5, 5.41) is 2.96. The second-order valence-corrected chi connectivity index (χ2v) is 6.68. The molecular weight excluding hydrogens is 419 g/mol. The number of hydrogen-bond donors (Lipinski definition) is 2. The van der Waals surface area contributed by atoms with Gasteiger partial charge in [0, 0.05) is 24.2 Å². The number of nitrogens with two attached hydrogens (primary N) is 1. The van der Waals surface area contributed by atoms with Gasteiger partial charge in [-0.15, -0.1) is 24.0 Å². The summed E-state index contributed by atoms with van der Waals surface area (Å²) < 4.78 is 5.30. The van der Waals surface area contributed by atoms with Gasteiger partial charge in [-0.2, -0.15) is 0 Å². The van der Waals surface area contributed by atoms with Crippen LogP contribution < -0.4 is 11.1 Å². The third-order valence-corrected chi connectivity index (χ3v) is 3.44. The summed E-state index contributed by atoms with van der Waals surface area (Å²) in [6.45, 7) is 9.23. The lowest BCUT2D eigenvalue weighted by Crippen LogP contribution is -2.44. The Morgan fingerprint density at radius 3 is 2.62 bits per heavy atom. The molecule has 6 nitrogen and oxygen atoms in total. The summed E-state index contributed by atoms with van der Waals surface area (Å²) in [5.74, 6) is 0.447. The van der Waals surface area contributed by atoms with E-state index < -0.39 is 0 Å². The second kappa shape index (κ2) is 9.22. The van der Waals surface area contributed by atoms with Crippen LogP contribution in [0.15, 0.2) is 29.3 Å². The molecule has 1 aromatic carbocycles. The highest BCUT2D eigenvalue weighted by molar-refractivity contribution is 14.0. The number of nitrogens with one attached hydrogen (secondary N) is 1. The van der Waals surface area contributed by atoms with Crippen molar-refractivity contribution in [1.82, 2.24) is 10.2 Å². The number of carbonyl (C=O) groups excluding carboxylic acids is 1. The van der Waals surface area contributed by atoms with Gasteiger partial charge in [-0.1, -0.05) is 12.1 Å². The second-order valence-electron chi connectivity index (χ2n) is 6.68. The summed E-state index contributed by atoms with van der Waals surface area (Å²) in [7, 11) is 0. The minimum atomic E-state index is -0.258. The Morgan fingerprint density at radius 1 is 1.33 bits per heavy atom. The van der Waals surface area contributed by atoms with Crippen LogP contribution in [0.3, 0.4) is 0 Å². The van der Waals surface area contributed by atoms with Gasteiger partial charge in [-0.3, -0.25) is 4.79 Å². The molecule has 1 heterocycles. The molecule has 1 aromatic rings. The van der Waals surface area contributed by atoms with Crippen molar-refractivity contribution in [3.8, 4) is 0 Å². The van der Waals surface area contributed by atoms with Gasteiger partial charge in [0.15, 0.2) is 5.96 Å². The molecule has 1 saturated heterocycles. The molecule has 0 saturated carbocycles. The SMILES string of the molecule is CC(C)(C)NC(=O)c1cccc(CN=C(N)N2CCOCC2)c1.I. The smallest absolute Gasteiger partial charge is 0.251 e. The van der Waals surface area contributed by atoms with E-state index in [0.717, 1.165) is 18.7 Å². The molecule has 1 aliphatic heterocycles. The molecular formula is C17H27IN4O2. The molecule has 2 rings (SSSR count). The Balaban J connectivity index is 0.00000288. The maximum Gasteiger partial charge on any atom is 0.251 e. The van der Waals surface area contributed by atoms with Crippen LogP contribution in [0, 0.1) is 0 Å². The minimum Gasteiger partial charge on any atom is -0.378 e. The lowest BCUT2D eigenvalue weighted by molar-refractivity contribution is 0.0674. The standard InChI is InChI=1S/C17H26N4O2.HI/c1-17(2,3)20-15(22)14-6-4-5-13(11-14)12-19-16(18)21-7-9-23-10-8-21;/h4-6,11H,7-10,12H2,1-3H3,(H2,18,19)(H,20,22);1H. The number of halogens is 1. The maximum absolute atomic E-state index is 12.2. The van der Waals surface area contributed by atoms with Gasteiger partial charge in [-0.25, -0.2) is 4.99 Å². The zero-order valence-corrected chi connectivity index (χ0v) is 16.9. The summed E-state index contributed by atoms with van der Waals surface area (Å²) in [6, 6.07) is 7.48. The molecule has 0 unspecified atom stereocenters. The normalized spacial score (nSPS) is 15.6. The van der Waals surface area contributed by atoms with Crippen molar-refractivity contribution in [2.75, 3.05) is 26.3 Å².